The van der Waals surface area contributed by atoms with Crippen LogP contribution in [0.5, 0.6) is 0 Å². The van der Waals surface area contributed by atoms with Crippen molar-refractivity contribution in [2.45, 2.75) is 39.7 Å². The minimum Gasteiger partial charge on any atom is -0.298 e. The van der Waals surface area contributed by atoms with Gasteiger partial charge in [0, 0.05) is 17.7 Å². The Labute approximate surface area is 154 Å². The van der Waals surface area contributed by atoms with Crippen LogP contribution in [0.1, 0.15) is 49.2 Å². The summed E-state index contributed by atoms with van der Waals surface area (Å²) >= 11 is 0. The van der Waals surface area contributed by atoms with Crippen LogP contribution in [0.25, 0.3) is 22.2 Å². The number of nitrogens with one attached hydrogen (secondary N) is 1. The van der Waals surface area contributed by atoms with E-state index in [0.717, 1.165) is 0 Å². The van der Waals surface area contributed by atoms with E-state index >= 15 is 0 Å². The quantitative estimate of drug-likeness (QED) is 0.700. The molecule has 7 heteroatoms. The number of rotatable bonds is 5. The van der Waals surface area contributed by atoms with E-state index in [4.69, 9.17) is 0 Å². The average molecular weight is 369 g/mol. The summed E-state index contributed by atoms with van der Waals surface area (Å²) in [5.41, 5.74) is 0.722. The van der Waals surface area contributed by atoms with Crippen LogP contribution in [0, 0.1) is 5.82 Å². The van der Waals surface area contributed by atoms with Crippen LogP contribution in [0.3, 0.4) is 0 Å². The molecule has 2 heterocycles. The molecule has 2 aromatic heterocycles. The van der Waals surface area contributed by atoms with Crippen molar-refractivity contribution in [3.63, 3.8) is 0 Å². The van der Waals surface area contributed by atoms with Gasteiger partial charge in [-0.3, -0.25) is 19.1 Å². The molecule has 0 unspecified atom stereocenters. The maximum Gasteiger partial charge on any atom is 0.329 e. The number of nitrogens with zero attached hydrogens (tertiary/aromatic N) is 2. The van der Waals surface area contributed by atoms with E-state index < -0.39 is 17.1 Å². The van der Waals surface area contributed by atoms with Crippen LogP contribution < -0.4 is 11.2 Å². The molecule has 0 aliphatic heterocycles. The van der Waals surface area contributed by atoms with Crippen molar-refractivity contribution in [3.8, 4) is 11.1 Å². The Kier molecular flexibility index (Phi) is 5.03. The van der Waals surface area contributed by atoms with Gasteiger partial charge in [-0.05, 0) is 30.0 Å². The third-order valence-corrected chi connectivity index (χ3v) is 4.44. The number of aromatic nitrogens is 3. The minimum absolute atomic E-state index is 0.113. The van der Waals surface area contributed by atoms with Gasteiger partial charge in [0.2, 0.25) is 0 Å². The SMILES string of the molecule is CCCn1c(=O)[nH]c(=O)c2c(-c3ccc(F)cc3)c(C=O)c(C(C)C)nc21. The maximum atomic E-state index is 13.4. The van der Waals surface area contributed by atoms with E-state index in [0.29, 0.717) is 36.1 Å². The standard InChI is InChI=1S/C20H20FN3O3/c1-4-9-24-18-16(19(26)23-20(24)27)15(12-5-7-13(21)8-6-12)14(10-25)17(22-18)11(2)3/h5-8,10-11H,4,9H2,1-3H3,(H,23,26,27). The fraction of sp³-hybridized carbons (Fsp3) is 0.300. The molecular weight excluding hydrogens is 349 g/mol. The van der Waals surface area contributed by atoms with E-state index in [1.807, 2.05) is 20.8 Å². The highest BCUT2D eigenvalue weighted by atomic mass is 19.1. The topological polar surface area (TPSA) is 84.8 Å². The first kappa shape index (κ1) is 18.7. The number of benzene rings is 1. The van der Waals surface area contributed by atoms with E-state index in [1.54, 1.807) is 0 Å². The number of hydrogen-bond donors (Lipinski definition) is 1. The van der Waals surface area contributed by atoms with Gasteiger partial charge in [-0.1, -0.05) is 32.9 Å². The second-order valence-corrected chi connectivity index (χ2v) is 6.67. The van der Waals surface area contributed by atoms with Gasteiger partial charge >= 0.3 is 5.69 Å². The van der Waals surface area contributed by atoms with Crippen molar-refractivity contribution >= 4 is 17.3 Å². The van der Waals surface area contributed by atoms with E-state index in [-0.39, 0.29) is 22.5 Å². The van der Waals surface area contributed by atoms with Crippen molar-refractivity contribution in [2.24, 2.45) is 0 Å². The van der Waals surface area contributed by atoms with Gasteiger partial charge in [0.25, 0.3) is 5.56 Å². The monoisotopic (exact) mass is 369 g/mol. The zero-order valence-electron chi connectivity index (χ0n) is 15.4. The molecule has 27 heavy (non-hydrogen) atoms. The lowest BCUT2D eigenvalue weighted by molar-refractivity contribution is 0.112. The van der Waals surface area contributed by atoms with E-state index in [1.165, 1.54) is 28.8 Å². The number of aldehydes is 1. The second kappa shape index (κ2) is 7.26. The Bertz CT molecular complexity index is 1130. The number of hydrogen-bond acceptors (Lipinski definition) is 4. The predicted molar refractivity (Wildman–Crippen MR) is 102 cm³/mol. The number of fused-ring (bicyclic) bond motifs is 1. The van der Waals surface area contributed by atoms with Gasteiger partial charge in [0.05, 0.1) is 11.1 Å². The molecule has 1 aromatic carbocycles. The molecule has 0 atom stereocenters. The first-order chi connectivity index (χ1) is 12.9. The maximum absolute atomic E-state index is 13.4. The number of pyridine rings is 1. The lowest BCUT2D eigenvalue weighted by Gasteiger charge is -2.17. The van der Waals surface area contributed by atoms with Crippen molar-refractivity contribution in [3.05, 3.63) is 62.2 Å². The smallest absolute Gasteiger partial charge is 0.298 e. The summed E-state index contributed by atoms with van der Waals surface area (Å²) < 4.78 is 14.8. The highest BCUT2D eigenvalue weighted by molar-refractivity contribution is 6.02. The molecule has 0 radical (unpaired) electrons. The molecule has 1 N–H and O–H groups in total. The van der Waals surface area contributed by atoms with Crippen molar-refractivity contribution in [2.75, 3.05) is 0 Å². The first-order valence-corrected chi connectivity index (χ1v) is 8.80. The molecule has 0 spiro atoms. The lowest BCUT2D eigenvalue weighted by atomic mass is 9.93. The van der Waals surface area contributed by atoms with Crippen LogP contribution in [-0.2, 0) is 6.54 Å². The summed E-state index contributed by atoms with van der Waals surface area (Å²) in [6.45, 7) is 6.05. The normalized spacial score (nSPS) is 11.3. The van der Waals surface area contributed by atoms with Crippen molar-refractivity contribution in [1.82, 2.24) is 14.5 Å². The number of halogens is 1. The lowest BCUT2D eigenvalue weighted by Crippen LogP contribution is -2.32. The predicted octanol–water partition coefficient (Wildman–Crippen LogP) is 3.24. The van der Waals surface area contributed by atoms with Crippen LogP contribution in [-0.4, -0.2) is 20.8 Å². The van der Waals surface area contributed by atoms with Gasteiger partial charge in [-0.2, -0.15) is 0 Å². The van der Waals surface area contributed by atoms with E-state index in [2.05, 4.69) is 9.97 Å². The number of H-pyrrole nitrogens is 1. The summed E-state index contributed by atoms with van der Waals surface area (Å²) in [7, 11) is 0. The molecule has 3 aromatic rings. The summed E-state index contributed by atoms with van der Waals surface area (Å²) in [5.74, 6) is -0.538. The summed E-state index contributed by atoms with van der Waals surface area (Å²) in [4.78, 5) is 43.8. The molecule has 0 fully saturated rings. The summed E-state index contributed by atoms with van der Waals surface area (Å²) in [6, 6.07) is 5.55. The molecule has 0 amide bonds. The third-order valence-electron chi connectivity index (χ3n) is 4.44. The Hall–Kier alpha value is -3.09. The summed E-state index contributed by atoms with van der Waals surface area (Å²) in [5, 5.41) is 0.154. The molecular formula is C20H20FN3O3. The van der Waals surface area contributed by atoms with Crippen LogP contribution in [0.4, 0.5) is 4.39 Å². The Balaban J connectivity index is 2.59. The zero-order chi connectivity index (χ0) is 19.7. The molecule has 3 rings (SSSR count). The number of aromatic amines is 1. The van der Waals surface area contributed by atoms with Gasteiger partial charge in [-0.15, -0.1) is 0 Å². The minimum atomic E-state index is -0.618. The van der Waals surface area contributed by atoms with Gasteiger partial charge < -0.3 is 0 Å². The molecule has 6 nitrogen and oxygen atoms in total. The molecule has 0 saturated heterocycles. The van der Waals surface area contributed by atoms with Crippen molar-refractivity contribution in [1.29, 1.82) is 0 Å². The first-order valence-electron chi connectivity index (χ1n) is 8.80. The van der Waals surface area contributed by atoms with Gasteiger partial charge in [-0.25, -0.2) is 14.2 Å². The van der Waals surface area contributed by atoms with Crippen LogP contribution >= 0.6 is 0 Å². The number of aryl methyl sites for hydroxylation is 1. The molecule has 0 aliphatic carbocycles. The molecule has 0 bridgehead atoms. The fourth-order valence-corrected chi connectivity index (χ4v) is 3.25. The third kappa shape index (κ3) is 3.20. The van der Waals surface area contributed by atoms with Crippen molar-refractivity contribution < 1.29 is 9.18 Å². The Morgan fingerprint density at radius 3 is 2.44 bits per heavy atom. The highest BCUT2D eigenvalue weighted by Gasteiger charge is 2.22. The number of carbonyl (C=O) groups excluding carboxylic acids is 1. The molecule has 0 aliphatic rings. The Morgan fingerprint density at radius 1 is 1.22 bits per heavy atom. The van der Waals surface area contributed by atoms with Gasteiger partial charge in [0.15, 0.2) is 11.9 Å². The molecule has 0 saturated carbocycles. The van der Waals surface area contributed by atoms with E-state index in [9.17, 15) is 18.8 Å². The Morgan fingerprint density at radius 2 is 1.89 bits per heavy atom. The largest absolute Gasteiger partial charge is 0.329 e. The fourth-order valence-electron chi connectivity index (χ4n) is 3.25. The summed E-state index contributed by atoms with van der Waals surface area (Å²) in [6.07, 6.45) is 1.33. The van der Waals surface area contributed by atoms with Gasteiger partial charge in [0.1, 0.15) is 5.82 Å². The zero-order valence-corrected chi connectivity index (χ0v) is 15.4. The average Bonchev–Trinajstić information content (AvgIpc) is 2.64. The molecule has 140 valence electrons. The number of carbonyl (C=O) groups is 1. The van der Waals surface area contributed by atoms with Crippen LogP contribution in [0.2, 0.25) is 0 Å². The van der Waals surface area contributed by atoms with Crippen LogP contribution in [0.15, 0.2) is 33.9 Å². The second-order valence-electron chi connectivity index (χ2n) is 6.67. The highest BCUT2D eigenvalue weighted by Crippen LogP contribution is 2.32.